The van der Waals surface area contributed by atoms with Crippen LogP contribution in [-0.2, 0) is 19.1 Å². The lowest BCUT2D eigenvalue weighted by Gasteiger charge is -2.29. The largest absolute Gasteiger partial charge is 0.465 e. The van der Waals surface area contributed by atoms with Gasteiger partial charge in [-0.15, -0.1) is 0 Å². The summed E-state index contributed by atoms with van der Waals surface area (Å²) in [5.74, 6) is -1.10. The minimum atomic E-state index is -0.591. The highest BCUT2D eigenvalue weighted by Gasteiger charge is 2.33. The maximum atomic E-state index is 14.7. The molecule has 30 heavy (non-hydrogen) atoms. The average molecular weight is 421 g/mol. The Bertz CT molecular complexity index is 849. The van der Waals surface area contributed by atoms with Gasteiger partial charge < -0.3 is 19.7 Å². The molecule has 11 heteroatoms. The summed E-state index contributed by atoms with van der Waals surface area (Å²) in [5.41, 5.74) is 0.671. The zero-order valence-electron chi connectivity index (χ0n) is 16.8. The summed E-state index contributed by atoms with van der Waals surface area (Å²) in [4.78, 5) is 37.6. The number of rotatable bonds is 7. The van der Waals surface area contributed by atoms with Crippen LogP contribution in [0.2, 0.25) is 0 Å². The van der Waals surface area contributed by atoms with Gasteiger partial charge >= 0.3 is 12.1 Å². The standard InChI is InChI=1S/C19H24FN5O5/c1-3-29-18(27)11-24-7-6-23(12-22-24)17-5-4-14(8-16(17)20)25-10-15(30-19(25)28)9-21-13(2)26/h4-5,8,12,15H,3,6-7,9-11H2,1-2H3,(H,21,26). The molecule has 1 unspecified atom stereocenters. The molecule has 1 saturated heterocycles. The predicted octanol–water partition coefficient (Wildman–Crippen LogP) is 0.915. The molecule has 1 aromatic rings. The first-order valence-corrected chi connectivity index (χ1v) is 9.60. The number of ether oxygens (including phenoxy) is 2. The van der Waals surface area contributed by atoms with Crippen molar-refractivity contribution in [3.8, 4) is 0 Å². The lowest BCUT2D eigenvalue weighted by Crippen LogP contribution is -2.40. The van der Waals surface area contributed by atoms with Gasteiger partial charge in [0, 0.05) is 13.5 Å². The van der Waals surface area contributed by atoms with E-state index in [9.17, 15) is 18.8 Å². The molecule has 0 aromatic heterocycles. The van der Waals surface area contributed by atoms with E-state index in [1.54, 1.807) is 29.0 Å². The first-order chi connectivity index (χ1) is 14.4. The molecule has 162 valence electrons. The van der Waals surface area contributed by atoms with Crippen LogP contribution in [0.3, 0.4) is 0 Å². The fraction of sp³-hybridized carbons (Fsp3) is 0.474. The van der Waals surface area contributed by atoms with Gasteiger partial charge in [0.25, 0.3) is 0 Å². The van der Waals surface area contributed by atoms with Crippen LogP contribution < -0.4 is 15.1 Å². The molecule has 1 N–H and O–H groups in total. The maximum absolute atomic E-state index is 14.7. The van der Waals surface area contributed by atoms with Crippen LogP contribution in [0.1, 0.15) is 13.8 Å². The molecule has 2 amide bonds. The summed E-state index contributed by atoms with van der Waals surface area (Å²) >= 11 is 0. The molecule has 1 aromatic carbocycles. The van der Waals surface area contributed by atoms with Crippen LogP contribution in [-0.4, -0.2) is 74.8 Å². The number of nitrogens with zero attached hydrogens (tertiary/aromatic N) is 4. The smallest absolute Gasteiger partial charge is 0.414 e. The van der Waals surface area contributed by atoms with Crippen molar-refractivity contribution in [1.82, 2.24) is 10.3 Å². The molecule has 0 aliphatic carbocycles. The van der Waals surface area contributed by atoms with Crippen LogP contribution in [0.15, 0.2) is 23.3 Å². The van der Waals surface area contributed by atoms with Gasteiger partial charge in [-0.05, 0) is 25.1 Å². The molecule has 0 spiro atoms. The van der Waals surface area contributed by atoms with Gasteiger partial charge in [-0.1, -0.05) is 0 Å². The molecule has 2 heterocycles. The Morgan fingerprint density at radius 2 is 2.17 bits per heavy atom. The van der Waals surface area contributed by atoms with E-state index in [2.05, 4.69) is 10.4 Å². The number of amides is 2. The molecule has 0 saturated carbocycles. The van der Waals surface area contributed by atoms with E-state index in [1.807, 2.05) is 0 Å². The third-order valence-electron chi connectivity index (χ3n) is 4.58. The Kier molecular flexibility index (Phi) is 6.70. The van der Waals surface area contributed by atoms with Crippen molar-refractivity contribution in [2.45, 2.75) is 20.0 Å². The molecule has 2 aliphatic rings. The lowest BCUT2D eigenvalue weighted by atomic mass is 10.2. The zero-order valence-corrected chi connectivity index (χ0v) is 16.8. The fourth-order valence-electron chi connectivity index (χ4n) is 3.13. The molecular formula is C19H24FN5O5. The van der Waals surface area contributed by atoms with Crippen molar-refractivity contribution < 1.29 is 28.2 Å². The molecule has 0 bridgehead atoms. The Balaban J connectivity index is 1.63. The van der Waals surface area contributed by atoms with Gasteiger partial charge in [-0.25, -0.2) is 9.18 Å². The zero-order chi connectivity index (χ0) is 21.7. The molecule has 1 atom stereocenters. The number of anilines is 2. The minimum Gasteiger partial charge on any atom is -0.465 e. The van der Waals surface area contributed by atoms with E-state index >= 15 is 0 Å². The average Bonchev–Trinajstić information content (AvgIpc) is 3.08. The summed E-state index contributed by atoms with van der Waals surface area (Å²) in [6.07, 6.45) is 0.365. The summed E-state index contributed by atoms with van der Waals surface area (Å²) in [7, 11) is 0. The number of benzene rings is 1. The van der Waals surface area contributed by atoms with E-state index in [-0.39, 0.29) is 31.5 Å². The molecule has 0 radical (unpaired) electrons. The van der Waals surface area contributed by atoms with E-state index in [4.69, 9.17) is 9.47 Å². The first kappa shape index (κ1) is 21.3. The van der Waals surface area contributed by atoms with Gasteiger partial charge in [0.05, 0.1) is 37.6 Å². The van der Waals surface area contributed by atoms with Crippen LogP contribution in [0.4, 0.5) is 20.6 Å². The van der Waals surface area contributed by atoms with E-state index in [0.717, 1.165) is 0 Å². The SMILES string of the molecule is CCOC(=O)CN1CCN(c2ccc(N3CC(CNC(C)=O)OC3=O)cc2F)C=N1. The van der Waals surface area contributed by atoms with Crippen molar-refractivity contribution in [2.24, 2.45) is 5.10 Å². The number of hydrazone groups is 1. The fourth-order valence-corrected chi connectivity index (χ4v) is 3.13. The van der Waals surface area contributed by atoms with Gasteiger partial charge in [-0.2, -0.15) is 5.10 Å². The van der Waals surface area contributed by atoms with Crippen molar-refractivity contribution in [2.75, 3.05) is 49.1 Å². The van der Waals surface area contributed by atoms with Crippen molar-refractivity contribution in [3.05, 3.63) is 24.0 Å². The molecule has 1 fully saturated rings. The van der Waals surface area contributed by atoms with Gasteiger partial charge in [-0.3, -0.25) is 19.5 Å². The highest BCUT2D eigenvalue weighted by molar-refractivity contribution is 5.90. The highest BCUT2D eigenvalue weighted by atomic mass is 19.1. The molecule has 2 aliphatic heterocycles. The Morgan fingerprint density at radius 1 is 1.37 bits per heavy atom. The van der Waals surface area contributed by atoms with E-state index < -0.39 is 18.0 Å². The molecular weight excluding hydrogens is 397 g/mol. The van der Waals surface area contributed by atoms with Gasteiger partial charge in [0.1, 0.15) is 24.8 Å². The van der Waals surface area contributed by atoms with Crippen LogP contribution >= 0.6 is 0 Å². The normalized spacial score (nSPS) is 18.4. The number of esters is 1. The van der Waals surface area contributed by atoms with Crippen LogP contribution in [0, 0.1) is 5.82 Å². The maximum Gasteiger partial charge on any atom is 0.414 e. The van der Waals surface area contributed by atoms with Crippen LogP contribution in [0.25, 0.3) is 0 Å². The summed E-state index contributed by atoms with van der Waals surface area (Å²) in [5, 5.41) is 8.30. The van der Waals surface area contributed by atoms with E-state index in [1.165, 1.54) is 24.2 Å². The number of nitrogens with one attached hydrogen (secondary N) is 1. The Hall–Kier alpha value is -3.37. The van der Waals surface area contributed by atoms with Crippen LogP contribution in [0.5, 0.6) is 0 Å². The summed E-state index contributed by atoms with van der Waals surface area (Å²) in [6.45, 7) is 4.73. The predicted molar refractivity (Wildman–Crippen MR) is 107 cm³/mol. The molecule has 10 nitrogen and oxygen atoms in total. The number of carbonyl (C=O) groups excluding carboxylic acids is 3. The van der Waals surface area contributed by atoms with Gasteiger partial charge in [0.2, 0.25) is 5.91 Å². The number of halogens is 1. The third-order valence-corrected chi connectivity index (χ3v) is 4.58. The quantitative estimate of drug-likeness (QED) is 0.653. The van der Waals surface area contributed by atoms with Crippen molar-refractivity contribution in [3.63, 3.8) is 0 Å². The number of cyclic esters (lactones) is 1. The Labute approximate surface area is 173 Å². The highest BCUT2D eigenvalue weighted by Crippen LogP contribution is 2.28. The summed E-state index contributed by atoms with van der Waals surface area (Å²) in [6, 6.07) is 4.45. The topological polar surface area (TPSA) is 104 Å². The monoisotopic (exact) mass is 421 g/mol. The summed E-state index contributed by atoms with van der Waals surface area (Å²) < 4.78 is 24.8. The second-order valence-corrected chi connectivity index (χ2v) is 6.81. The van der Waals surface area contributed by atoms with Crippen molar-refractivity contribution >= 4 is 35.7 Å². The number of hydrogen-bond donors (Lipinski definition) is 1. The second kappa shape index (κ2) is 9.42. The second-order valence-electron chi connectivity index (χ2n) is 6.81. The minimum absolute atomic E-state index is 0.0380. The number of carbonyl (C=O) groups is 3. The first-order valence-electron chi connectivity index (χ1n) is 9.60. The van der Waals surface area contributed by atoms with E-state index in [0.29, 0.717) is 31.1 Å². The van der Waals surface area contributed by atoms with Gasteiger partial charge in [0.15, 0.2) is 0 Å². The Morgan fingerprint density at radius 3 is 2.80 bits per heavy atom. The van der Waals surface area contributed by atoms with Crippen molar-refractivity contribution in [1.29, 1.82) is 0 Å². The third kappa shape index (κ3) is 5.16. The lowest BCUT2D eigenvalue weighted by molar-refractivity contribution is -0.144. The number of hydrogen-bond acceptors (Lipinski definition) is 8. The molecule has 3 rings (SSSR count).